The summed E-state index contributed by atoms with van der Waals surface area (Å²) in [5, 5.41) is 3.46. The zero-order chi connectivity index (χ0) is 26.6. The lowest BCUT2D eigenvalue weighted by atomic mass is 10.0. The van der Waals surface area contributed by atoms with Crippen molar-refractivity contribution in [3.05, 3.63) is 64.7 Å². The molecule has 0 radical (unpaired) electrons. The maximum absolute atomic E-state index is 13.7. The average Bonchev–Trinajstić information content (AvgIpc) is 2.74. The van der Waals surface area contributed by atoms with Crippen LogP contribution in [0.15, 0.2) is 48.5 Å². The van der Waals surface area contributed by atoms with Crippen LogP contribution in [0.25, 0.3) is 0 Å². The minimum absolute atomic E-state index is 0.0483. The van der Waals surface area contributed by atoms with E-state index >= 15 is 0 Å². The fourth-order valence-electron chi connectivity index (χ4n) is 3.64. The van der Waals surface area contributed by atoms with E-state index in [0.29, 0.717) is 10.7 Å². The summed E-state index contributed by atoms with van der Waals surface area (Å²) in [6, 6.07) is 13.3. The highest BCUT2D eigenvalue weighted by molar-refractivity contribution is 7.92. The molecule has 2 rings (SSSR count). The first-order valence-electron chi connectivity index (χ1n) is 11.5. The van der Waals surface area contributed by atoms with E-state index in [1.807, 2.05) is 46.8 Å². The summed E-state index contributed by atoms with van der Waals surface area (Å²) in [6.45, 7) is 10.8. The Labute approximate surface area is 214 Å². The van der Waals surface area contributed by atoms with E-state index in [1.54, 1.807) is 43.3 Å². The van der Waals surface area contributed by atoms with Crippen LogP contribution in [-0.4, -0.2) is 49.5 Å². The molecule has 0 bridgehead atoms. The van der Waals surface area contributed by atoms with E-state index < -0.39 is 34.1 Å². The Morgan fingerprint density at radius 2 is 1.57 bits per heavy atom. The van der Waals surface area contributed by atoms with Gasteiger partial charge in [-0.05, 0) is 62.9 Å². The second kappa shape index (κ2) is 11.4. The molecule has 0 saturated heterocycles. The summed E-state index contributed by atoms with van der Waals surface area (Å²) >= 11 is 6.01. The average molecular weight is 522 g/mol. The van der Waals surface area contributed by atoms with E-state index in [0.717, 1.165) is 21.7 Å². The number of carbonyl (C=O) groups is 2. The molecular weight excluding hydrogens is 486 g/mol. The molecule has 7 nitrogen and oxygen atoms in total. The number of para-hydroxylation sites is 1. The summed E-state index contributed by atoms with van der Waals surface area (Å²) in [7, 11) is -3.79. The second-order valence-electron chi connectivity index (χ2n) is 10.0. The van der Waals surface area contributed by atoms with Crippen LogP contribution in [-0.2, 0) is 26.2 Å². The quantitative estimate of drug-likeness (QED) is 0.524. The van der Waals surface area contributed by atoms with Gasteiger partial charge in [-0.3, -0.25) is 13.9 Å². The number of halogens is 1. The van der Waals surface area contributed by atoms with Gasteiger partial charge in [0.15, 0.2) is 0 Å². The lowest BCUT2D eigenvalue weighted by Gasteiger charge is -2.33. The number of amides is 2. The van der Waals surface area contributed by atoms with Crippen LogP contribution in [0.2, 0.25) is 5.02 Å². The van der Waals surface area contributed by atoms with Gasteiger partial charge in [0.2, 0.25) is 21.8 Å². The van der Waals surface area contributed by atoms with E-state index in [1.165, 1.54) is 4.90 Å². The fourth-order valence-corrected chi connectivity index (χ4v) is 4.64. The molecule has 0 aromatic heterocycles. The van der Waals surface area contributed by atoms with Gasteiger partial charge in [0, 0.05) is 17.1 Å². The van der Waals surface area contributed by atoms with Crippen molar-refractivity contribution in [1.29, 1.82) is 0 Å². The number of sulfonamides is 1. The molecule has 2 aromatic rings. The lowest BCUT2D eigenvalue weighted by molar-refractivity contribution is -0.140. The van der Waals surface area contributed by atoms with Gasteiger partial charge >= 0.3 is 0 Å². The molecule has 192 valence electrons. The molecule has 0 heterocycles. The summed E-state index contributed by atoms with van der Waals surface area (Å²) in [5.74, 6) is -0.763. The van der Waals surface area contributed by atoms with Crippen LogP contribution in [0.1, 0.15) is 58.6 Å². The minimum atomic E-state index is -3.79. The highest BCUT2D eigenvalue weighted by Crippen LogP contribution is 2.29. The van der Waals surface area contributed by atoms with Crippen LogP contribution in [0, 0.1) is 0 Å². The molecule has 9 heteroatoms. The second-order valence-corrected chi connectivity index (χ2v) is 12.4. The smallest absolute Gasteiger partial charge is 0.244 e. The predicted molar refractivity (Wildman–Crippen MR) is 142 cm³/mol. The van der Waals surface area contributed by atoms with Crippen LogP contribution < -0.4 is 9.62 Å². The molecule has 0 aliphatic carbocycles. The van der Waals surface area contributed by atoms with Crippen LogP contribution >= 0.6 is 11.6 Å². The summed E-state index contributed by atoms with van der Waals surface area (Å²) in [5.41, 5.74) is 1.55. The molecule has 0 aliphatic rings. The van der Waals surface area contributed by atoms with E-state index in [9.17, 15) is 18.0 Å². The van der Waals surface area contributed by atoms with Gasteiger partial charge in [-0.25, -0.2) is 8.42 Å². The Morgan fingerprint density at radius 3 is 2.09 bits per heavy atom. The van der Waals surface area contributed by atoms with Crippen LogP contribution in [0.4, 0.5) is 5.69 Å². The number of rotatable bonds is 9. The van der Waals surface area contributed by atoms with Crippen LogP contribution in [0.3, 0.4) is 0 Å². The SMILES string of the molecule is CC(C)c1ccccc1N(CC(=O)N(Cc1ccc(Cl)cc1)C(C)C(=O)NC(C)(C)C)S(C)(=O)=O. The zero-order valence-corrected chi connectivity index (χ0v) is 23.1. The van der Waals surface area contributed by atoms with Gasteiger partial charge in [-0.15, -0.1) is 0 Å². The Morgan fingerprint density at radius 1 is 1.00 bits per heavy atom. The maximum atomic E-state index is 13.7. The van der Waals surface area contributed by atoms with Gasteiger partial charge in [0.05, 0.1) is 11.9 Å². The number of carbonyl (C=O) groups excluding carboxylic acids is 2. The highest BCUT2D eigenvalue weighted by Gasteiger charge is 2.32. The molecule has 0 spiro atoms. The molecular formula is C26H36ClN3O4S. The van der Waals surface area contributed by atoms with Crippen LogP contribution in [0.5, 0.6) is 0 Å². The van der Waals surface area contributed by atoms with Crippen molar-refractivity contribution < 1.29 is 18.0 Å². The molecule has 0 aliphatic heterocycles. The Kier molecular flexibility index (Phi) is 9.36. The first-order chi connectivity index (χ1) is 16.1. The Balaban J connectivity index is 2.46. The molecule has 35 heavy (non-hydrogen) atoms. The maximum Gasteiger partial charge on any atom is 0.244 e. The third-order valence-corrected chi connectivity index (χ3v) is 6.82. The Hall–Kier alpha value is -2.58. The van der Waals surface area contributed by atoms with Crippen molar-refractivity contribution in [2.45, 2.75) is 65.6 Å². The number of nitrogens with one attached hydrogen (secondary N) is 1. The third-order valence-electron chi connectivity index (χ3n) is 5.44. The summed E-state index contributed by atoms with van der Waals surface area (Å²) < 4.78 is 26.7. The van der Waals surface area contributed by atoms with E-state index in [-0.39, 0.29) is 18.4 Å². The standard InChI is InChI=1S/C26H36ClN3O4S/c1-18(2)22-10-8-9-11-23(22)30(35(7,33)34)17-24(31)29(16-20-12-14-21(27)15-13-20)19(3)25(32)28-26(4,5)6/h8-15,18-19H,16-17H2,1-7H3,(H,28,32). The van der Waals surface area contributed by atoms with Gasteiger partial charge < -0.3 is 10.2 Å². The molecule has 2 amide bonds. The lowest BCUT2D eigenvalue weighted by Crippen LogP contribution is -2.54. The van der Waals surface area contributed by atoms with Crippen molar-refractivity contribution in [2.75, 3.05) is 17.1 Å². The predicted octanol–water partition coefficient (Wildman–Crippen LogP) is 4.56. The van der Waals surface area contributed by atoms with Crippen molar-refractivity contribution >= 4 is 39.1 Å². The Bertz CT molecular complexity index is 1140. The first-order valence-corrected chi connectivity index (χ1v) is 13.8. The zero-order valence-electron chi connectivity index (χ0n) is 21.5. The normalized spacial score (nSPS) is 12.8. The van der Waals surface area contributed by atoms with E-state index in [2.05, 4.69) is 5.32 Å². The van der Waals surface area contributed by atoms with Crippen molar-refractivity contribution in [2.24, 2.45) is 0 Å². The van der Waals surface area contributed by atoms with Gasteiger partial charge in [0.1, 0.15) is 12.6 Å². The monoisotopic (exact) mass is 521 g/mol. The molecule has 1 N–H and O–H groups in total. The number of benzene rings is 2. The molecule has 1 unspecified atom stereocenters. The molecule has 0 fully saturated rings. The fraction of sp³-hybridized carbons (Fsp3) is 0.462. The highest BCUT2D eigenvalue weighted by atomic mass is 35.5. The van der Waals surface area contributed by atoms with Crippen molar-refractivity contribution in [1.82, 2.24) is 10.2 Å². The molecule has 0 saturated carbocycles. The van der Waals surface area contributed by atoms with Gasteiger partial charge in [0.25, 0.3) is 0 Å². The number of nitrogens with zero attached hydrogens (tertiary/aromatic N) is 2. The van der Waals surface area contributed by atoms with Gasteiger partial charge in [-0.1, -0.05) is 55.8 Å². The topological polar surface area (TPSA) is 86.8 Å². The largest absolute Gasteiger partial charge is 0.350 e. The summed E-state index contributed by atoms with van der Waals surface area (Å²) in [6.07, 6.45) is 1.08. The third kappa shape index (κ3) is 8.25. The number of anilines is 1. The van der Waals surface area contributed by atoms with Crippen molar-refractivity contribution in [3.8, 4) is 0 Å². The number of hydrogen-bond acceptors (Lipinski definition) is 4. The molecule has 2 aromatic carbocycles. The van der Waals surface area contributed by atoms with Crippen molar-refractivity contribution in [3.63, 3.8) is 0 Å². The van der Waals surface area contributed by atoms with E-state index in [4.69, 9.17) is 11.6 Å². The summed E-state index contributed by atoms with van der Waals surface area (Å²) in [4.78, 5) is 28.0. The first kappa shape index (κ1) is 28.7. The number of hydrogen-bond donors (Lipinski definition) is 1. The molecule has 1 atom stereocenters. The minimum Gasteiger partial charge on any atom is -0.350 e. The van der Waals surface area contributed by atoms with Gasteiger partial charge in [-0.2, -0.15) is 0 Å².